The average Bonchev–Trinajstić information content (AvgIpc) is 2.76. The number of nitrogens with zero attached hydrogens (tertiary/aromatic N) is 2. The third-order valence-corrected chi connectivity index (χ3v) is 3.16. The lowest BCUT2D eigenvalue weighted by molar-refractivity contribution is -0.140. The SMILES string of the molecule is C#CCOC(=O)Nc1ccn([C@H]2O[C@H](CO)[C@@H](O)C2(F)F)c(=O)n1. The Morgan fingerprint density at radius 1 is 1.62 bits per heavy atom. The molecular formula is C13H13F2N3O6. The van der Waals surface area contributed by atoms with Gasteiger partial charge in [0, 0.05) is 6.20 Å². The first kappa shape index (κ1) is 17.8. The molecule has 11 heteroatoms. The molecule has 1 aromatic heterocycles. The monoisotopic (exact) mass is 345 g/mol. The summed E-state index contributed by atoms with van der Waals surface area (Å²) in [6, 6.07) is 1.05. The standard InChI is InChI=1S/C13H13F2N3O6/c1-2-5-23-12(22)17-8-3-4-18(11(21)16-8)10-13(14,15)9(20)7(6-19)24-10/h1,3-4,7,9-10,19-20H,5-6H2,(H,16,17,21,22)/t7-,9-,10+/m1/s1. The Labute approximate surface area is 133 Å². The second kappa shape index (κ2) is 6.91. The molecule has 2 rings (SSSR count). The van der Waals surface area contributed by atoms with Crippen LogP contribution in [-0.4, -0.2) is 57.2 Å². The van der Waals surface area contributed by atoms with Gasteiger partial charge in [0.15, 0.2) is 12.7 Å². The van der Waals surface area contributed by atoms with Gasteiger partial charge in [-0.2, -0.15) is 13.8 Å². The summed E-state index contributed by atoms with van der Waals surface area (Å²) < 4.78 is 37.7. The Kier molecular flexibility index (Phi) is 5.13. The minimum Gasteiger partial charge on any atom is -0.436 e. The van der Waals surface area contributed by atoms with Crippen molar-refractivity contribution in [1.82, 2.24) is 9.55 Å². The van der Waals surface area contributed by atoms with E-state index in [-0.39, 0.29) is 12.4 Å². The molecule has 3 N–H and O–H groups in total. The number of terminal acetylenes is 1. The highest BCUT2D eigenvalue weighted by molar-refractivity contribution is 5.83. The largest absolute Gasteiger partial charge is 0.436 e. The van der Waals surface area contributed by atoms with E-state index in [1.165, 1.54) is 0 Å². The molecule has 3 atom stereocenters. The number of hydrogen-bond acceptors (Lipinski definition) is 7. The lowest BCUT2D eigenvalue weighted by atomic mass is 10.1. The van der Waals surface area contributed by atoms with Crippen LogP contribution in [0.1, 0.15) is 6.23 Å². The van der Waals surface area contributed by atoms with Crippen molar-refractivity contribution < 1.29 is 33.3 Å². The Morgan fingerprint density at radius 2 is 2.33 bits per heavy atom. The fourth-order valence-corrected chi connectivity index (χ4v) is 2.03. The van der Waals surface area contributed by atoms with Crippen molar-refractivity contribution in [1.29, 1.82) is 0 Å². The molecule has 0 saturated carbocycles. The maximum atomic E-state index is 14.0. The fraction of sp³-hybridized carbons (Fsp3) is 0.462. The number of amides is 1. The number of carbonyl (C=O) groups is 1. The van der Waals surface area contributed by atoms with Gasteiger partial charge in [0.05, 0.1) is 6.61 Å². The molecule has 1 aliphatic rings. The van der Waals surface area contributed by atoms with E-state index in [0.29, 0.717) is 4.57 Å². The van der Waals surface area contributed by atoms with E-state index in [1.807, 2.05) is 0 Å². The fourth-order valence-electron chi connectivity index (χ4n) is 2.03. The third kappa shape index (κ3) is 3.35. The van der Waals surface area contributed by atoms with E-state index < -0.39 is 42.7 Å². The summed E-state index contributed by atoms with van der Waals surface area (Å²) in [6.45, 7) is -1.15. The second-order valence-corrected chi connectivity index (χ2v) is 4.74. The third-order valence-electron chi connectivity index (χ3n) is 3.16. The van der Waals surface area contributed by atoms with Crippen LogP contribution in [0.2, 0.25) is 0 Å². The Morgan fingerprint density at radius 3 is 2.88 bits per heavy atom. The number of nitrogens with one attached hydrogen (secondary N) is 1. The van der Waals surface area contributed by atoms with Gasteiger partial charge in [0.2, 0.25) is 6.23 Å². The van der Waals surface area contributed by atoms with Crippen LogP contribution in [0.15, 0.2) is 17.1 Å². The summed E-state index contributed by atoms with van der Waals surface area (Å²) >= 11 is 0. The van der Waals surface area contributed by atoms with Gasteiger partial charge in [0.25, 0.3) is 0 Å². The molecule has 2 heterocycles. The maximum Gasteiger partial charge on any atom is 0.413 e. The quantitative estimate of drug-likeness (QED) is 0.617. The molecule has 0 unspecified atom stereocenters. The normalized spacial score (nSPS) is 25.0. The molecule has 0 aromatic carbocycles. The first-order chi connectivity index (χ1) is 11.3. The topological polar surface area (TPSA) is 123 Å². The van der Waals surface area contributed by atoms with Crippen molar-refractivity contribution in [3.63, 3.8) is 0 Å². The lowest BCUT2D eigenvalue weighted by Gasteiger charge is -2.21. The van der Waals surface area contributed by atoms with Gasteiger partial charge in [-0.05, 0) is 6.07 Å². The zero-order valence-corrected chi connectivity index (χ0v) is 12.1. The number of anilines is 1. The number of rotatable bonds is 4. The Bertz CT molecular complexity index is 716. The van der Waals surface area contributed by atoms with E-state index in [2.05, 4.69) is 21.0 Å². The number of aromatic nitrogens is 2. The van der Waals surface area contributed by atoms with Crippen molar-refractivity contribution in [2.24, 2.45) is 0 Å². The molecule has 24 heavy (non-hydrogen) atoms. The van der Waals surface area contributed by atoms with Crippen molar-refractivity contribution in [2.45, 2.75) is 24.4 Å². The molecule has 1 fully saturated rings. The lowest BCUT2D eigenvalue weighted by Crippen LogP contribution is -2.41. The average molecular weight is 345 g/mol. The predicted molar refractivity (Wildman–Crippen MR) is 74.3 cm³/mol. The van der Waals surface area contributed by atoms with E-state index in [9.17, 15) is 23.5 Å². The molecule has 1 aromatic rings. The minimum atomic E-state index is -3.82. The van der Waals surface area contributed by atoms with Crippen molar-refractivity contribution in [2.75, 3.05) is 18.5 Å². The summed E-state index contributed by atoms with van der Waals surface area (Å²) in [7, 11) is 0. The number of aliphatic hydroxyl groups excluding tert-OH is 2. The molecule has 1 aliphatic heterocycles. The molecule has 0 radical (unpaired) electrons. The van der Waals surface area contributed by atoms with E-state index in [4.69, 9.17) is 16.3 Å². The summed E-state index contributed by atoms with van der Waals surface area (Å²) in [5, 5.41) is 20.4. The summed E-state index contributed by atoms with van der Waals surface area (Å²) in [4.78, 5) is 26.5. The zero-order chi connectivity index (χ0) is 17.9. The molecule has 130 valence electrons. The van der Waals surface area contributed by atoms with Crippen LogP contribution in [-0.2, 0) is 9.47 Å². The van der Waals surface area contributed by atoms with Crippen LogP contribution in [0.5, 0.6) is 0 Å². The van der Waals surface area contributed by atoms with Crippen LogP contribution in [0.3, 0.4) is 0 Å². The number of carbonyl (C=O) groups excluding carboxylic acids is 1. The van der Waals surface area contributed by atoms with Gasteiger partial charge in [-0.15, -0.1) is 6.42 Å². The smallest absolute Gasteiger partial charge is 0.413 e. The van der Waals surface area contributed by atoms with Gasteiger partial charge in [-0.25, -0.2) is 9.59 Å². The molecule has 9 nitrogen and oxygen atoms in total. The van der Waals surface area contributed by atoms with E-state index in [1.54, 1.807) is 0 Å². The predicted octanol–water partition coefficient (Wildman–Crippen LogP) is -0.689. The zero-order valence-electron chi connectivity index (χ0n) is 12.1. The van der Waals surface area contributed by atoms with Crippen molar-refractivity contribution in [3.8, 4) is 12.3 Å². The van der Waals surface area contributed by atoms with Gasteiger partial charge < -0.3 is 19.7 Å². The van der Waals surface area contributed by atoms with E-state index in [0.717, 1.165) is 12.3 Å². The number of halogens is 2. The molecule has 1 amide bonds. The van der Waals surface area contributed by atoms with Gasteiger partial charge in [-0.3, -0.25) is 9.88 Å². The number of ether oxygens (including phenoxy) is 2. The Balaban J connectivity index is 2.20. The maximum absolute atomic E-state index is 14.0. The number of aliphatic hydroxyl groups is 2. The molecule has 0 aliphatic carbocycles. The van der Waals surface area contributed by atoms with E-state index >= 15 is 0 Å². The summed E-state index contributed by atoms with van der Waals surface area (Å²) in [6.07, 6.45) is -1.16. The molecule has 0 spiro atoms. The minimum absolute atomic E-state index is 0.251. The number of hydrogen-bond donors (Lipinski definition) is 3. The van der Waals surface area contributed by atoms with Gasteiger partial charge >= 0.3 is 17.7 Å². The van der Waals surface area contributed by atoms with Gasteiger partial charge in [-0.1, -0.05) is 5.92 Å². The highest BCUT2D eigenvalue weighted by Crippen LogP contribution is 2.41. The van der Waals surface area contributed by atoms with Crippen LogP contribution in [0, 0.1) is 12.3 Å². The van der Waals surface area contributed by atoms with Gasteiger partial charge in [0.1, 0.15) is 11.9 Å². The first-order valence-corrected chi connectivity index (χ1v) is 6.60. The highest BCUT2D eigenvalue weighted by atomic mass is 19.3. The highest BCUT2D eigenvalue weighted by Gasteiger charge is 2.59. The van der Waals surface area contributed by atoms with Crippen LogP contribution in [0.25, 0.3) is 0 Å². The summed E-state index contributed by atoms with van der Waals surface area (Å²) in [5.74, 6) is -2.02. The van der Waals surface area contributed by atoms with Crippen LogP contribution >= 0.6 is 0 Å². The summed E-state index contributed by atoms with van der Waals surface area (Å²) in [5.41, 5.74) is -1.17. The van der Waals surface area contributed by atoms with Crippen LogP contribution in [0.4, 0.5) is 19.4 Å². The van der Waals surface area contributed by atoms with Crippen molar-refractivity contribution >= 4 is 11.9 Å². The molecule has 0 bridgehead atoms. The Hall–Kier alpha value is -2.55. The second-order valence-electron chi connectivity index (χ2n) is 4.74. The van der Waals surface area contributed by atoms with Crippen molar-refractivity contribution in [3.05, 3.63) is 22.7 Å². The molecule has 1 saturated heterocycles. The van der Waals surface area contributed by atoms with Crippen LogP contribution < -0.4 is 11.0 Å². The number of alkyl halides is 2. The molecular weight excluding hydrogens is 332 g/mol. The first-order valence-electron chi connectivity index (χ1n) is 6.60.